The van der Waals surface area contributed by atoms with E-state index in [9.17, 15) is 9.59 Å². The lowest BCUT2D eigenvalue weighted by atomic mass is 9.91. The van der Waals surface area contributed by atoms with Crippen LogP contribution in [0.25, 0.3) is 10.8 Å². The average Bonchev–Trinajstić information content (AvgIpc) is 2.98. The van der Waals surface area contributed by atoms with Crippen molar-refractivity contribution in [1.29, 1.82) is 0 Å². The van der Waals surface area contributed by atoms with Gasteiger partial charge in [-0.2, -0.15) is 0 Å². The molecule has 0 aromatic heterocycles. The molecule has 4 heteroatoms. The minimum Gasteiger partial charge on any atom is -0.310 e. The molecule has 0 saturated heterocycles. The molecular formula is C34H38N2O2. The highest BCUT2D eigenvalue weighted by atomic mass is 16.2. The molecule has 4 aromatic carbocycles. The predicted octanol–water partition coefficient (Wildman–Crippen LogP) is 9.15. The molecule has 1 unspecified atom stereocenters. The summed E-state index contributed by atoms with van der Waals surface area (Å²) in [4.78, 5) is 31.0. The minimum absolute atomic E-state index is 0.184. The molecule has 1 aliphatic heterocycles. The van der Waals surface area contributed by atoms with Crippen LogP contribution in [0.15, 0.2) is 91.0 Å². The highest BCUT2D eigenvalue weighted by molar-refractivity contribution is 6.27. The monoisotopic (exact) mass is 506 g/mol. The van der Waals surface area contributed by atoms with Gasteiger partial charge >= 0.3 is 0 Å². The van der Waals surface area contributed by atoms with Crippen LogP contribution in [-0.2, 0) is 0 Å². The first-order chi connectivity index (χ1) is 18.6. The second-order valence-corrected chi connectivity index (χ2v) is 9.50. The summed E-state index contributed by atoms with van der Waals surface area (Å²) in [5.41, 5.74) is 4.18. The van der Waals surface area contributed by atoms with Crippen LogP contribution in [0.4, 0.5) is 17.1 Å². The van der Waals surface area contributed by atoms with Gasteiger partial charge in [0.2, 0.25) is 0 Å². The quantitative estimate of drug-likeness (QED) is 0.213. The smallest absolute Gasteiger partial charge is 0.261 e. The number of rotatable bonds is 9. The van der Waals surface area contributed by atoms with Gasteiger partial charge in [0, 0.05) is 39.8 Å². The minimum atomic E-state index is -0.184. The van der Waals surface area contributed by atoms with Gasteiger partial charge < -0.3 is 4.90 Å². The second-order valence-electron chi connectivity index (χ2n) is 9.50. The molecule has 196 valence electrons. The Hall–Kier alpha value is -3.92. The van der Waals surface area contributed by atoms with Crippen LogP contribution < -0.4 is 4.90 Å². The molecule has 1 heterocycles. The van der Waals surface area contributed by atoms with Crippen LogP contribution in [0.5, 0.6) is 0 Å². The Morgan fingerprint density at radius 1 is 0.711 bits per heavy atom. The van der Waals surface area contributed by atoms with Gasteiger partial charge in [-0.25, -0.2) is 0 Å². The molecular weight excluding hydrogens is 468 g/mol. The van der Waals surface area contributed by atoms with Crippen molar-refractivity contribution in [1.82, 2.24) is 4.90 Å². The fraction of sp³-hybridized carbons (Fsp3) is 0.294. The second kappa shape index (κ2) is 12.6. The molecule has 2 amide bonds. The van der Waals surface area contributed by atoms with E-state index < -0.39 is 0 Å². The summed E-state index contributed by atoms with van der Waals surface area (Å²) in [6, 6.07) is 30.1. The maximum atomic E-state index is 13.7. The molecule has 38 heavy (non-hydrogen) atoms. The predicted molar refractivity (Wildman–Crippen MR) is 159 cm³/mol. The molecule has 0 saturated carbocycles. The van der Waals surface area contributed by atoms with Crippen molar-refractivity contribution < 1.29 is 9.59 Å². The summed E-state index contributed by atoms with van der Waals surface area (Å²) in [5.74, 6) is -0.0446. The number of carbonyl (C=O) groups is 2. The van der Waals surface area contributed by atoms with E-state index in [-0.39, 0.29) is 11.8 Å². The Morgan fingerprint density at radius 3 is 1.84 bits per heavy atom. The van der Waals surface area contributed by atoms with Crippen LogP contribution in [-0.4, -0.2) is 23.3 Å². The zero-order valence-corrected chi connectivity index (χ0v) is 23.0. The molecule has 1 atom stereocenters. The summed E-state index contributed by atoms with van der Waals surface area (Å²) in [7, 11) is 0. The van der Waals surface area contributed by atoms with Crippen molar-refractivity contribution >= 4 is 39.6 Å². The Morgan fingerprint density at radius 2 is 1.29 bits per heavy atom. The third kappa shape index (κ3) is 5.22. The molecule has 0 radical (unpaired) electrons. The number of nitrogens with zero attached hydrogens (tertiary/aromatic N) is 2. The summed E-state index contributed by atoms with van der Waals surface area (Å²) in [6.45, 7) is 8.79. The lowest BCUT2D eigenvalue weighted by Crippen LogP contribution is -2.43. The molecule has 0 N–H and O–H groups in total. The topological polar surface area (TPSA) is 40.6 Å². The van der Waals surface area contributed by atoms with Gasteiger partial charge in [-0.3, -0.25) is 14.5 Å². The van der Waals surface area contributed by atoms with Gasteiger partial charge in [0.05, 0.1) is 5.69 Å². The molecule has 0 bridgehead atoms. The number of anilines is 3. The number of para-hydroxylation sites is 2. The highest BCUT2D eigenvalue weighted by Crippen LogP contribution is 2.42. The number of hydrogen-bond acceptors (Lipinski definition) is 3. The fourth-order valence-electron chi connectivity index (χ4n) is 5.25. The van der Waals surface area contributed by atoms with E-state index in [2.05, 4.69) is 43.0 Å². The Bertz CT molecular complexity index is 1320. The van der Waals surface area contributed by atoms with Gasteiger partial charge in [0.1, 0.15) is 0 Å². The van der Waals surface area contributed by atoms with Gasteiger partial charge in [0.25, 0.3) is 11.8 Å². The maximum absolute atomic E-state index is 13.7. The zero-order chi connectivity index (χ0) is 27.1. The fourth-order valence-corrected chi connectivity index (χ4v) is 5.25. The van der Waals surface area contributed by atoms with Gasteiger partial charge in [-0.15, -0.1) is 0 Å². The molecule has 4 nitrogen and oxygen atoms in total. The summed E-state index contributed by atoms with van der Waals surface area (Å²) in [5, 5.41) is 1.65. The lowest BCUT2D eigenvalue weighted by Gasteiger charge is -2.32. The molecule has 0 aliphatic carbocycles. The van der Waals surface area contributed by atoms with Gasteiger partial charge in [-0.05, 0) is 54.8 Å². The van der Waals surface area contributed by atoms with Crippen LogP contribution in [0, 0.1) is 5.92 Å². The Kier molecular flexibility index (Phi) is 8.96. The summed E-state index contributed by atoms with van der Waals surface area (Å²) in [6.07, 6.45) is 4.21. The number of benzene rings is 4. The van der Waals surface area contributed by atoms with Crippen LogP contribution in [0.1, 0.15) is 74.1 Å². The van der Waals surface area contributed by atoms with E-state index in [1.54, 1.807) is 0 Å². The van der Waals surface area contributed by atoms with Crippen LogP contribution in [0.3, 0.4) is 0 Å². The average molecular weight is 507 g/mol. The van der Waals surface area contributed by atoms with E-state index in [1.807, 2.05) is 80.6 Å². The molecule has 1 aliphatic rings. The first-order valence-electron chi connectivity index (χ1n) is 14.0. The van der Waals surface area contributed by atoms with E-state index in [4.69, 9.17) is 0 Å². The number of unbranched alkanes of at least 4 members (excludes halogenated alkanes) is 1. The summed E-state index contributed by atoms with van der Waals surface area (Å²) >= 11 is 0. The van der Waals surface area contributed by atoms with E-state index in [0.29, 0.717) is 23.6 Å². The Labute approximate surface area is 226 Å². The normalized spacial score (nSPS) is 13.2. The third-order valence-corrected chi connectivity index (χ3v) is 7.22. The number of carbonyl (C=O) groups excluding carboxylic acids is 2. The van der Waals surface area contributed by atoms with Crippen molar-refractivity contribution in [2.45, 2.75) is 53.4 Å². The van der Waals surface area contributed by atoms with Crippen molar-refractivity contribution in [3.8, 4) is 0 Å². The number of hydrogen-bond donors (Lipinski definition) is 0. The molecule has 5 rings (SSSR count). The molecule has 0 fully saturated rings. The van der Waals surface area contributed by atoms with E-state index >= 15 is 0 Å². The van der Waals surface area contributed by atoms with Crippen LogP contribution in [0.2, 0.25) is 0 Å². The number of amides is 2. The summed E-state index contributed by atoms with van der Waals surface area (Å²) < 4.78 is 0. The van der Waals surface area contributed by atoms with Gasteiger partial charge in [-0.1, -0.05) is 95.5 Å². The van der Waals surface area contributed by atoms with Crippen molar-refractivity contribution in [3.63, 3.8) is 0 Å². The Balaban J connectivity index is 0.00000164. The molecule has 0 spiro atoms. The maximum Gasteiger partial charge on any atom is 0.261 e. The third-order valence-electron chi connectivity index (χ3n) is 7.22. The van der Waals surface area contributed by atoms with Gasteiger partial charge in [0.15, 0.2) is 0 Å². The number of imide groups is 1. The SMILES string of the molecule is CC.CCCCC(CC)CN1C(=O)c2cccc3c(N(c4ccccc4)c4ccccc4)ccc(c23)C1=O. The first-order valence-corrected chi connectivity index (χ1v) is 14.0. The first kappa shape index (κ1) is 27.1. The molecule has 4 aromatic rings. The zero-order valence-electron chi connectivity index (χ0n) is 23.0. The largest absolute Gasteiger partial charge is 0.310 e. The van der Waals surface area contributed by atoms with Crippen molar-refractivity contribution in [2.75, 3.05) is 11.4 Å². The van der Waals surface area contributed by atoms with E-state index in [1.165, 1.54) is 4.90 Å². The van der Waals surface area contributed by atoms with E-state index in [0.717, 1.165) is 53.5 Å². The van der Waals surface area contributed by atoms with Crippen molar-refractivity contribution in [3.05, 3.63) is 102 Å². The van der Waals surface area contributed by atoms with Crippen LogP contribution >= 0.6 is 0 Å². The lowest BCUT2D eigenvalue weighted by molar-refractivity contribution is 0.0580. The van der Waals surface area contributed by atoms with Crippen molar-refractivity contribution in [2.24, 2.45) is 5.92 Å². The standard InChI is InChI=1S/C32H32N2O2.C2H6/c1-3-5-13-23(4-2)22-33-31(35)27-19-12-18-26-29(21-20-28(30(26)27)32(33)36)34(24-14-8-6-9-15-24)25-16-10-7-11-17-25;1-2/h6-12,14-21,23H,3-5,13,22H2,1-2H3;1-2H3. The highest BCUT2D eigenvalue weighted by Gasteiger charge is 2.35.